The van der Waals surface area contributed by atoms with Crippen LogP contribution in [0.4, 0.5) is 4.79 Å². The van der Waals surface area contributed by atoms with Gasteiger partial charge in [-0.1, -0.05) is 43.5 Å². The zero-order chi connectivity index (χ0) is 22.9. The van der Waals surface area contributed by atoms with Crippen LogP contribution in [0.25, 0.3) is 0 Å². The molecule has 0 fully saturated rings. The molecule has 164 valence electrons. The van der Waals surface area contributed by atoms with Gasteiger partial charge in [-0.3, -0.25) is 14.5 Å². The van der Waals surface area contributed by atoms with Crippen molar-refractivity contribution < 1.29 is 19.1 Å². The van der Waals surface area contributed by atoms with Gasteiger partial charge in [-0.2, -0.15) is 0 Å². The maximum absolute atomic E-state index is 13.0. The highest BCUT2D eigenvalue weighted by molar-refractivity contribution is 5.91. The first kappa shape index (κ1) is 25.0. The van der Waals surface area contributed by atoms with E-state index in [4.69, 9.17) is 11.2 Å². The number of alkyl carbamates (subject to hydrolysis) is 1. The second-order valence-corrected chi connectivity index (χ2v) is 8.16. The molecule has 7 nitrogen and oxygen atoms in total. The van der Waals surface area contributed by atoms with Crippen molar-refractivity contribution in [3.63, 3.8) is 0 Å². The summed E-state index contributed by atoms with van der Waals surface area (Å²) in [6.07, 6.45) is 6.63. The molecule has 0 heterocycles. The lowest BCUT2D eigenvalue weighted by molar-refractivity contribution is -0.136. The van der Waals surface area contributed by atoms with E-state index in [1.165, 1.54) is 0 Å². The third-order valence-corrected chi connectivity index (χ3v) is 4.25. The third kappa shape index (κ3) is 7.78. The van der Waals surface area contributed by atoms with Crippen LogP contribution in [0.2, 0.25) is 0 Å². The fourth-order valence-electron chi connectivity index (χ4n) is 2.85. The van der Waals surface area contributed by atoms with Gasteiger partial charge in [-0.05, 0) is 52.2 Å². The topological polar surface area (TPSA) is 87.7 Å². The van der Waals surface area contributed by atoms with Crippen molar-refractivity contribution >= 4 is 17.9 Å². The number of unbranched alkanes of at least 4 members (excludes halogenated alkanes) is 1. The van der Waals surface area contributed by atoms with Gasteiger partial charge in [0.05, 0.1) is 0 Å². The Bertz CT molecular complexity index is 806. The van der Waals surface area contributed by atoms with E-state index in [0.29, 0.717) is 12.1 Å². The van der Waals surface area contributed by atoms with Crippen LogP contribution in [0.1, 0.15) is 63.3 Å². The largest absolute Gasteiger partial charge is 0.444 e. The third-order valence-electron chi connectivity index (χ3n) is 4.25. The van der Waals surface area contributed by atoms with E-state index in [-0.39, 0.29) is 12.5 Å². The molecule has 7 heteroatoms. The molecule has 1 unspecified atom stereocenters. The molecule has 0 aliphatic heterocycles. The molecule has 0 aromatic heterocycles. The quantitative estimate of drug-likeness (QED) is 0.388. The number of terminal acetylenes is 1. The first-order valence-electron chi connectivity index (χ1n) is 10.1. The van der Waals surface area contributed by atoms with Crippen molar-refractivity contribution in [2.75, 3.05) is 13.1 Å². The summed E-state index contributed by atoms with van der Waals surface area (Å²) in [4.78, 5) is 38.7. The van der Waals surface area contributed by atoms with E-state index in [0.717, 1.165) is 28.9 Å². The van der Waals surface area contributed by atoms with Crippen LogP contribution in [0.3, 0.4) is 0 Å². The molecule has 1 aromatic rings. The molecule has 0 bridgehead atoms. The summed E-state index contributed by atoms with van der Waals surface area (Å²) < 4.78 is 5.14. The predicted molar refractivity (Wildman–Crippen MR) is 116 cm³/mol. The minimum atomic E-state index is -1.000. The van der Waals surface area contributed by atoms with Crippen molar-refractivity contribution in [3.05, 3.63) is 34.9 Å². The van der Waals surface area contributed by atoms with E-state index >= 15 is 0 Å². The molecular formula is C23H33N3O4. The molecule has 1 aromatic carbocycles. The molecule has 0 aliphatic carbocycles. The number of rotatable bonds is 8. The number of benzene rings is 1. The van der Waals surface area contributed by atoms with Gasteiger partial charge in [0, 0.05) is 12.6 Å². The van der Waals surface area contributed by atoms with E-state index < -0.39 is 23.6 Å². The van der Waals surface area contributed by atoms with Crippen molar-refractivity contribution in [2.24, 2.45) is 0 Å². The summed E-state index contributed by atoms with van der Waals surface area (Å²) in [6, 6.07) is 6.91. The zero-order valence-corrected chi connectivity index (χ0v) is 18.8. The van der Waals surface area contributed by atoms with Gasteiger partial charge >= 0.3 is 6.09 Å². The summed E-state index contributed by atoms with van der Waals surface area (Å²) in [5.41, 5.74) is 1.82. The maximum atomic E-state index is 13.0. The van der Waals surface area contributed by atoms with Crippen LogP contribution in [0, 0.1) is 26.3 Å². The Kier molecular flexibility index (Phi) is 9.38. The molecule has 0 spiro atoms. The second kappa shape index (κ2) is 11.2. The number of hydrogen-bond donors (Lipinski definition) is 2. The number of nitrogens with zero attached hydrogens (tertiary/aromatic N) is 1. The number of ether oxygens (including phenoxy) is 1. The van der Waals surface area contributed by atoms with Gasteiger partial charge in [-0.25, -0.2) is 4.79 Å². The summed E-state index contributed by atoms with van der Waals surface area (Å²) >= 11 is 0. The van der Waals surface area contributed by atoms with Crippen LogP contribution >= 0.6 is 0 Å². The highest BCUT2D eigenvalue weighted by atomic mass is 16.6. The molecule has 2 N–H and O–H groups in total. The monoisotopic (exact) mass is 415 g/mol. The molecule has 0 saturated carbocycles. The van der Waals surface area contributed by atoms with Crippen molar-refractivity contribution in [3.8, 4) is 12.5 Å². The summed E-state index contributed by atoms with van der Waals surface area (Å²) in [7, 11) is 0. The number of nitrogens with one attached hydrogen (secondary N) is 2. The van der Waals surface area contributed by atoms with Crippen LogP contribution in [-0.4, -0.2) is 41.5 Å². The van der Waals surface area contributed by atoms with Gasteiger partial charge in [0.1, 0.15) is 18.2 Å². The average Bonchev–Trinajstić information content (AvgIpc) is 2.63. The normalized spacial score (nSPS) is 11.8. The van der Waals surface area contributed by atoms with Crippen molar-refractivity contribution in [2.45, 2.75) is 66.0 Å². The Morgan fingerprint density at radius 1 is 1.20 bits per heavy atom. The number of carbonyl (C=O) groups excluding carboxylic acids is 3. The number of carbonyl (C=O) groups is 3. The lowest BCUT2D eigenvalue weighted by atomic mass is 9.97. The Labute approximate surface area is 179 Å². The van der Waals surface area contributed by atoms with Gasteiger partial charge in [0.25, 0.3) is 5.91 Å². The summed E-state index contributed by atoms with van der Waals surface area (Å²) in [6.45, 7) is 11.1. The van der Waals surface area contributed by atoms with E-state index in [1.54, 1.807) is 26.8 Å². The van der Waals surface area contributed by atoms with Crippen molar-refractivity contribution in [1.82, 2.24) is 15.5 Å². The molecule has 3 amide bonds. The van der Waals surface area contributed by atoms with Crippen LogP contribution in [-0.2, 0) is 14.3 Å². The Morgan fingerprint density at radius 3 is 2.40 bits per heavy atom. The molecular weight excluding hydrogens is 382 g/mol. The fourth-order valence-corrected chi connectivity index (χ4v) is 2.85. The Hall–Kier alpha value is -3.01. The van der Waals surface area contributed by atoms with E-state index in [1.807, 2.05) is 32.9 Å². The number of amides is 3. The standard InChI is InChI=1S/C23H33N3O4/c1-8-10-13-24-21(28)20(18-12-11-16(3)14-17(18)4)26(9-2)19(27)15-25-22(29)30-23(5,6)7/h2,11-12,14,20H,8,10,13,15H2,1,3-7H3,(H,24,28)(H,25,29). The molecule has 1 atom stereocenters. The second-order valence-electron chi connectivity index (χ2n) is 8.16. The fraction of sp³-hybridized carbons (Fsp3) is 0.522. The number of hydrogen-bond acceptors (Lipinski definition) is 4. The molecule has 0 aliphatic rings. The van der Waals surface area contributed by atoms with Gasteiger partial charge < -0.3 is 15.4 Å². The highest BCUT2D eigenvalue weighted by Gasteiger charge is 2.32. The Balaban J connectivity index is 3.09. The Morgan fingerprint density at radius 2 is 1.87 bits per heavy atom. The maximum Gasteiger partial charge on any atom is 0.408 e. The van der Waals surface area contributed by atoms with E-state index in [2.05, 4.69) is 16.7 Å². The molecule has 30 heavy (non-hydrogen) atoms. The smallest absolute Gasteiger partial charge is 0.408 e. The minimum Gasteiger partial charge on any atom is -0.444 e. The minimum absolute atomic E-state index is 0.362. The average molecular weight is 416 g/mol. The summed E-state index contributed by atoms with van der Waals surface area (Å²) in [5.74, 6) is -0.946. The summed E-state index contributed by atoms with van der Waals surface area (Å²) in [5, 5.41) is 5.24. The van der Waals surface area contributed by atoms with Crippen molar-refractivity contribution in [1.29, 1.82) is 0 Å². The first-order chi connectivity index (χ1) is 14.0. The molecule has 0 radical (unpaired) electrons. The van der Waals surface area contributed by atoms with Gasteiger partial charge in [0.15, 0.2) is 0 Å². The SMILES string of the molecule is C#CN(C(=O)CNC(=O)OC(C)(C)C)C(C(=O)NCCCC)c1ccc(C)cc1C. The lowest BCUT2D eigenvalue weighted by Crippen LogP contribution is -2.46. The first-order valence-corrected chi connectivity index (χ1v) is 10.1. The zero-order valence-electron chi connectivity index (χ0n) is 18.8. The number of aryl methyl sites for hydroxylation is 2. The van der Waals surface area contributed by atoms with E-state index in [9.17, 15) is 14.4 Å². The molecule has 0 saturated heterocycles. The predicted octanol–water partition coefficient (Wildman–Crippen LogP) is 3.20. The van der Waals surface area contributed by atoms with Crippen LogP contribution in [0.5, 0.6) is 0 Å². The van der Waals surface area contributed by atoms with Crippen LogP contribution in [0.15, 0.2) is 18.2 Å². The molecule has 1 rings (SSSR count). The van der Waals surface area contributed by atoms with Gasteiger partial charge in [0.2, 0.25) is 5.91 Å². The van der Waals surface area contributed by atoms with Gasteiger partial charge in [-0.15, -0.1) is 0 Å². The highest BCUT2D eigenvalue weighted by Crippen LogP contribution is 2.25. The van der Waals surface area contributed by atoms with Crippen LogP contribution < -0.4 is 10.6 Å². The lowest BCUT2D eigenvalue weighted by Gasteiger charge is -2.28.